The Morgan fingerprint density at radius 3 is 2.71 bits per heavy atom. The van der Waals surface area contributed by atoms with Gasteiger partial charge in [-0.2, -0.15) is 13.2 Å². The number of hydrogen-bond donors (Lipinski definition) is 1. The molecule has 2 aromatic heterocycles. The number of pyridine rings is 2. The van der Waals surface area contributed by atoms with Gasteiger partial charge in [-0.1, -0.05) is 0 Å². The Hall–Kier alpha value is -3.50. The lowest BCUT2D eigenvalue weighted by atomic mass is 10.2. The van der Waals surface area contributed by atoms with Gasteiger partial charge >= 0.3 is 12.2 Å². The number of nitrogens with one attached hydrogen (secondary N) is 1. The zero-order valence-electron chi connectivity index (χ0n) is 16.5. The Bertz CT molecular complexity index is 1120. The largest absolute Gasteiger partial charge is 0.416 e. The zero-order valence-corrected chi connectivity index (χ0v) is 16.5. The van der Waals surface area contributed by atoms with Gasteiger partial charge in [0, 0.05) is 31.3 Å². The predicted molar refractivity (Wildman–Crippen MR) is 104 cm³/mol. The quantitative estimate of drug-likeness (QED) is 0.751. The van der Waals surface area contributed by atoms with Gasteiger partial charge in [-0.3, -0.25) is 14.6 Å². The third kappa shape index (κ3) is 3.71. The highest BCUT2D eigenvalue weighted by Crippen LogP contribution is 2.33. The molecule has 3 heterocycles. The van der Waals surface area contributed by atoms with Gasteiger partial charge < -0.3 is 5.32 Å². The SMILES string of the molecule is Cc1cc(C(F)(F)F)cc(N2C(=O)NC[C@H]2C(=O)N(C)c2ccc3c(n2)CC=C3F)n1. The highest BCUT2D eigenvalue weighted by molar-refractivity contribution is 6.07. The monoisotopic (exact) mass is 435 g/mol. The highest BCUT2D eigenvalue weighted by atomic mass is 19.4. The van der Waals surface area contributed by atoms with E-state index in [-0.39, 0.29) is 29.7 Å². The number of halogens is 4. The number of aromatic nitrogens is 2. The molecule has 0 bridgehead atoms. The number of carbonyl (C=O) groups excluding carboxylic acids is 2. The molecule has 1 fully saturated rings. The van der Waals surface area contributed by atoms with Crippen molar-refractivity contribution in [3.8, 4) is 0 Å². The standard InChI is InChI=1S/C20H17F4N5O2/c1-10-7-11(20(22,23)24)8-17(26-10)29-15(9-25-19(29)31)18(30)28(2)16-6-3-12-13(21)4-5-14(12)27-16/h3-4,6-8,15H,5,9H2,1-2H3,(H,25,31)/t15-/m0/s1. The summed E-state index contributed by atoms with van der Waals surface area (Å²) in [6, 6.07) is 2.72. The van der Waals surface area contributed by atoms with Crippen molar-refractivity contribution in [1.82, 2.24) is 15.3 Å². The summed E-state index contributed by atoms with van der Waals surface area (Å²) in [5.41, 5.74) is -0.0853. The van der Waals surface area contributed by atoms with Gasteiger partial charge in [0.2, 0.25) is 0 Å². The fraction of sp³-hybridized carbons (Fsp3) is 0.300. The predicted octanol–water partition coefficient (Wildman–Crippen LogP) is 3.23. The number of urea groups is 1. The first-order valence-corrected chi connectivity index (χ1v) is 9.32. The molecule has 4 rings (SSSR count). The average molecular weight is 435 g/mol. The first-order valence-electron chi connectivity index (χ1n) is 9.32. The van der Waals surface area contributed by atoms with Crippen LogP contribution in [0.1, 0.15) is 22.5 Å². The van der Waals surface area contributed by atoms with Gasteiger partial charge in [0.25, 0.3) is 5.91 Å². The van der Waals surface area contributed by atoms with Crippen LogP contribution in [0.3, 0.4) is 0 Å². The Labute approximate surface area is 174 Å². The molecule has 1 N–H and O–H groups in total. The summed E-state index contributed by atoms with van der Waals surface area (Å²) in [4.78, 5) is 35.9. The molecule has 31 heavy (non-hydrogen) atoms. The van der Waals surface area contributed by atoms with Crippen molar-refractivity contribution in [3.63, 3.8) is 0 Å². The minimum atomic E-state index is -4.63. The Morgan fingerprint density at radius 1 is 1.26 bits per heavy atom. The van der Waals surface area contributed by atoms with E-state index in [9.17, 15) is 27.2 Å². The Balaban J connectivity index is 1.64. The fourth-order valence-corrected chi connectivity index (χ4v) is 3.58. The Morgan fingerprint density at radius 2 is 2.00 bits per heavy atom. The maximum atomic E-state index is 13.7. The summed E-state index contributed by atoms with van der Waals surface area (Å²) >= 11 is 0. The van der Waals surface area contributed by atoms with Crippen LogP contribution >= 0.6 is 0 Å². The van der Waals surface area contributed by atoms with E-state index in [0.29, 0.717) is 17.7 Å². The van der Waals surface area contributed by atoms with Gasteiger partial charge in [0.05, 0.1) is 11.3 Å². The van der Waals surface area contributed by atoms with Gasteiger partial charge in [-0.25, -0.2) is 19.2 Å². The lowest BCUT2D eigenvalue weighted by Crippen LogP contribution is -2.47. The first-order chi connectivity index (χ1) is 14.6. The fourth-order valence-electron chi connectivity index (χ4n) is 3.58. The van der Waals surface area contributed by atoms with Crippen LogP contribution in [0.4, 0.5) is 34.0 Å². The number of aryl methyl sites for hydroxylation is 1. The van der Waals surface area contributed by atoms with Crippen LogP contribution in [0, 0.1) is 6.92 Å². The van der Waals surface area contributed by atoms with Gasteiger partial charge in [-0.15, -0.1) is 0 Å². The topological polar surface area (TPSA) is 78.4 Å². The highest BCUT2D eigenvalue weighted by Gasteiger charge is 2.41. The maximum absolute atomic E-state index is 13.7. The van der Waals surface area contributed by atoms with Crippen LogP contribution in [-0.4, -0.2) is 41.5 Å². The zero-order chi connectivity index (χ0) is 22.5. The molecule has 0 unspecified atom stereocenters. The van der Waals surface area contributed by atoms with Crippen LogP contribution in [0.2, 0.25) is 0 Å². The second-order valence-electron chi connectivity index (χ2n) is 7.24. The van der Waals surface area contributed by atoms with E-state index in [2.05, 4.69) is 15.3 Å². The van der Waals surface area contributed by atoms with Crippen molar-refractivity contribution in [2.75, 3.05) is 23.4 Å². The van der Waals surface area contributed by atoms with Crippen molar-refractivity contribution in [3.05, 3.63) is 52.9 Å². The second-order valence-corrected chi connectivity index (χ2v) is 7.24. The molecular formula is C20H17F4N5O2. The third-order valence-corrected chi connectivity index (χ3v) is 5.14. The van der Waals surface area contributed by atoms with Crippen molar-refractivity contribution in [1.29, 1.82) is 0 Å². The van der Waals surface area contributed by atoms with E-state index in [4.69, 9.17) is 0 Å². The third-order valence-electron chi connectivity index (χ3n) is 5.14. The lowest BCUT2D eigenvalue weighted by molar-refractivity contribution is -0.137. The second kappa shape index (κ2) is 7.33. The Kier molecular flexibility index (Phi) is 4.91. The number of carbonyl (C=O) groups is 2. The van der Waals surface area contributed by atoms with Crippen molar-refractivity contribution in [2.45, 2.75) is 25.6 Å². The normalized spacial score (nSPS) is 18.0. The van der Waals surface area contributed by atoms with E-state index >= 15 is 0 Å². The number of rotatable bonds is 3. The first kappa shape index (κ1) is 20.8. The molecule has 2 aliphatic rings. The molecule has 3 amide bonds. The van der Waals surface area contributed by atoms with Gasteiger partial charge in [0.1, 0.15) is 23.5 Å². The van der Waals surface area contributed by atoms with Crippen molar-refractivity contribution >= 4 is 29.4 Å². The van der Waals surface area contributed by atoms with Crippen LogP contribution in [0.5, 0.6) is 0 Å². The molecule has 2 aromatic rings. The molecular weight excluding hydrogens is 418 g/mol. The van der Waals surface area contributed by atoms with Crippen LogP contribution in [0.15, 0.2) is 30.3 Å². The molecule has 0 radical (unpaired) electrons. The average Bonchev–Trinajstić information content (AvgIpc) is 3.28. The molecule has 1 aliphatic heterocycles. The summed E-state index contributed by atoms with van der Waals surface area (Å²) in [5, 5.41) is 2.47. The molecule has 162 valence electrons. The van der Waals surface area contributed by atoms with Crippen LogP contribution < -0.4 is 15.1 Å². The van der Waals surface area contributed by atoms with Crippen LogP contribution in [0.25, 0.3) is 5.83 Å². The smallest absolute Gasteiger partial charge is 0.335 e. The number of allylic oxidation sites excluding steroid dienone is 1. The molecule has 0 saturated carbocycles. The lowest BCUT2D eigenvalue weighted by Gasteiger charge is -2.26. The summed E-state index contributed by atoms with van der Waals surface area (Å²) in [7, 11) is 1.43. The van der Waals surface area contributed by atoms with E-state index < -0.39 is 29.7 Å². The summed E-state index contributed by atoms with van der Waals surface area (Å²) in [6.45, 7) is 1.26. The molecule has 1 saturated heterocycles. The number of amides is 3. The van der Waals surface area contributed by atoms with E-state index in [1.165, 1.54) is 37.1 Å². The van der Waals surface area contributed by atoms with E-state index in [0.717, 1.165) is 17.0 Å². The molecule has 1 atom stereocenters. The van der Waals surface area contributed by atoms with Crippen molar-refractivity contribution in [2.24, 2.45) is 0 Å². The number of fused-ring (bicyclic) bond motifs is 1. The van der Waals surface area contributed by atoms with E-state index in [1.54, 1.807) is 0 Å². The maximum Gasteiger partial charge on any atom is 0.416 e. The molecule has 11 heteroatoms. The summed E-state index contributed by atoms with van der Waals surface area (Å²) < 4.78 is 53.3. The number of alkyl halides is 3. The molecule has 1 aliphatic carbocycles. The summed E-state index contributed by atoms with van der Waals surface area (Å²) in [5.74, 6) is -0.999. The molecule has 7 nitrogen and oxygen atoms in total. The van der Waals surface area contributed by atoms with E-state index in [1.807, 2.05) is 0 Å². The number of likely N-dealkylation sites (N-methyl/N-ethyl adjacent to an activating group) is 1. The minimum absolute atomic E-state index is 0.0545. The minimum Gasteiger partial charge on any atom is -0.335 e. The van der Waals surface area contributed by atoms with Gasteiger partial charge in [-0.05, 0) is 37.3 Å². The molecule has 0 spiro atoms. The number of anilines is 2. The van der Waals surface area contributed by atoms with Gasteiger partial charge in [0.15, 0.2) is 0 Å². The number of nitrogens with zero attached hydrogens (tertiary/aromatic N) is 4. The summed E-state index contributed by atoms with van der Waals surface area (Å²) in [6.07, 6.45) is -2.96. The number of hydrogen-bond acceptors (Lipinski definition) is 4. The van der Waals surface area contributed by atoms with Crippen LogP contribution in [-0.2, 0) is 17.4 Å². The molecule has 0 aromatic carbocycles. The van der Waals surface area contributed by atoms with Crippen molar-refractivity contribution < 1.29 is 27.2 Å².